The van der Waals surface area contributed by atoms with Gasteiger partial charge in [-0.05, 0) is 20.5 Å². The fourth-order valence-electron chi connectivity index (χ4n) is 3.17. The third-order valence-electron chi connectivity index (χ3n) is 5.19. The van der Waals surface area contributed by atoms with E-state index < -0.39 is 13.9 Å². The Balaban J connectivity index is 3.52. The molecule has 8 nitrogen and oxygen atoms in total. The normalized spacial score (nSPS) is 14.4. The Morgan fingerprint density at radius 1 is 0.875 bits per heavy atom. The minimum Gasteiger partial charge on any atom is -0.464 e. The molecule has 0 fully saturated rings. The Morgan fingerprint density at radius 2 is 1.38 bits per heavy atom. The molecule has 0 saturated carbocycles. The topological polar surface area (TPSA) is 111 Å². The average molecular weight is 481 g/mol. The van der Waals surface area contributed by atoms with Crippen LogP contribution >= 0.6 is 7.82 Å². The SMILES string of the molecule is CCCCCCCCCCCCCCCC(=O)OCC(N)COP(=O)(O)OCCN(C)C. The predicted molar refractivity (Wildman–Crippen MR) is 130 cm³/mol. The minimum absolute atomic E-state index is 0.0467. The third-order valence-corrected chi connectivity index (χ3v) is 6.17. The standard InChI is InChI=1S/C23H49N2O6P/c1-4-5-6-7-8-9-10-11-12-13-14-15-16-17-23(26)29-20-22(24)21-31-32(27,28)30-19-18-25(2)3/h22H,4-21,24H2,1-3H3,(H,27,28). The highest BCUT2D eigenvalue weighted by molar-refractivity contribution is 7.47. The van der Waals surface area contributed by atoms with E-state index in [4.69, 9.17) is 19.5 Å². The van der Waals surface area contributed by atoms with E-state index in [0.29, 0.717) is 13.0 Å². The molecule has 9 heteroatoms. The summed E-state index contributed by atoms with van der Waals surface area (Å²) >= 11 is 0. The predicted octanol–water partition coefficient (Wildman–Crippen LogP) is 5.03. The van der Waals surface area contributed by atoms with Crippen molar-refractivity contribution in [1.29, 1.82) is 0 Å². The molecule has 0 bridgehead atoms. The van der Waals surface area contributed by atoms with Crippen molar-refractivity contribution in [1.82, 2.24) is 4.90 Å². The lowest BCUT2D eigenvalue weighted by Crippen LogP contribution is -2.32. The minimum atomic E-state index is -4.14. The summed E-state index contributed by atoms with van der Waals surface area (Å²) < 4.78 is 26.5. The van der Waals surface area contributed by atoms with Crippen LogP contribution in [0.15, 0.2) is 0 Å². The smallest absolute Gasteiger partial charge is 0.464 e. The van der Waals surface area contributed by atoms with Gasteiger partial charge in [-0.3, -0.25) is 13.8 Å². The first kappa shape index (κ1) is 31.5. The van der Waals surface area contributed by atoms with Gasteiger partial charge in [0.1, 0.15) is 6.61 Å². The van der Waals surface area contributed by atoms with Gasteiger partial charge in [0.15, 0.2) is 0 Å². The van der Waals surface area contributed by atoms with E-state index in [1.54, 1.807) is 0 Å². The largest absolute Gasteiger partial charge is 0.472 e. The fourth-order valence-corrected chi connectivity index (χ4v) is 3.94. The van der Waals surface area contributed by atoms with Gasteiger partial charge in [0.25, 0.3) is 0 Å². The van der Waals surface area contributed by atoms with Crippen molar-refractivity contribution in [2.24, 2.45) is 5.73 Å². The Bertz CT molecular complexity index is 493. The highest BCUT2D eigenvalue weighted by atomic mass is 31.2. The van der Waals surface area contributed by atoms with Crippen molar-refractivity contribution in [3.63, 3.8) is 0 Å². The number of carbonyl (C=O) groups excluding carboxylic acids is 1. The molecule has 0 aliphatic carbocycles. The molecular formula is C23H49N2O6P. The van der Waals surface area contributed by atoms with Crippen molar-refractivity contribution >= 4 is 13.8 Å². The van der Waals surface area contributed by atoms with Gasteiger partial charge in [-0.15, -0.1) is 0 Å². The van der Waals surface area contributed by atoms with Crippen molar-refractivity contribution in [2.45, 2.75) is 103 Å². The molecule has 32 heavy (non-hydrogen) atoms. The van der Waals surface area contributed by atoms with E-state index in [1.165, 1.54) is 64.2 Å². The van der Waals surface area contributed by atoms with Gasteiger partial charge < -0.3 is 20.3 Å². The lowest BCUT2D eigenvalue weighted by Gasteiger charge is -2.17. The van der Waals surface area contributed by atoms with Crippen LogP contribution in [0.3, 0.4) is 0 Å². The maximum absolute atomic E-state index is 11.8. The molecule has 0 aromatic rings. The highest BCUT2D eigenvalue weighted by Crippen LogP contribution is 2.42. The Kier molecular flexibility index (Phi) is 20.7. The number of nitrogens with zero attached hydrogens (tertiary/aromatic N) is 1. The quantitative estimate of drug-likeness (QED) is 0.119. The van der Waals surface area contributed by atoms with Gasteiger partial charge >= 0.3 is 13.8 Å². The fraction of sp³-hybridized carbons (Fsp3) is 0.957. The van der Waals surface area contributed by atoms with Gasteiger partial charge in [-0.2, -0.15) is 0 Å². The van der Waals surface area contributed by atoms with Gasteiger partial charge in [0, 0.05) is 13.0 Å². The molecule has 0 amide bonds. The summed E-state index contributed by atoms with van der Waals surface area (Å²) in [5.41, 5.74) is 5.78. The summed E-state index contributed by atoms with van der Waals surface area (Å²) in [4.78, 5) is 23.2. The maximum Gasteiger partial charge on any atom is 0.472 e. The Hall–Kier alpha value is -0.500. The van der Waals surface area contributed by atoms with Crippen LogP contribution in [-0.4, -0.2) is 62.3 Å². The van der Waals surface area contributed by atoms with E-state index in [1.807, 2.05) is 19.0 Å². The lowest BCUT2D eigenvalue weighted by molar-refractivity contribution is -0.144. The van der Waals surface area contributed by atoms with E-state index in [-0.39, 0.29) is 25.8 Å². The van der Waals surface area contributed by atoms with Gasteiger partial charge in [-0.1, -0.05) is 84.0 Å². The van der Waals surface area contributed by atoms with E-state index in [9.17, 15) is 14.3 Å². The molecule has 0 heterocycles. The summed E-state index contributed by atoms with van der Waals surface area (Å²) in [6.45, 7) is 2.55. The van der Waals surface area contributed by atoms with E-state index in [2.05, 4.69) is 6.92 Å². The number of carbonyl (C=O) groups is 1. The number of phosphoric acid groups is 1. The lowest BCUT2D eigenvalue weighted by atomic mass is 10.0. The number of ether oxygens (including phenoxy) is 1. The zero-order chi connectivity index (χ0) is 24.1. The molecule has 2 unspecified atom stereocenters. The number of hydrogen-bond acceptors (Lipinski definition) is 7. The molecule has 0 aliphatic rings. The zero-order valence-electron chi connectivity index (χ0n) is 20.8. The van der Waals surface area contributed by atoms with Gasteiger partial charge in [-0.25, -0.2) is 4.57 Å². The number of unbranched alkanes of at least 4 members (excludes halogenated alkanes) is 12. The Morgan fingerprint density at radius 3 is 1.88 bits per heavy atom. The van der Waals surface area contributed by atoms with Crippen molar-refractivity contribution in [3.05, 3.63) is 0 Å². The van der Waals surface area contributed by atoms with Crippen molar-refractivity contribution < 1.29 is 28.0 Å². The average Bonchev–Trinajstić information content (AvgIpc) is 2.73. The molecule has 0 rings (SSSR count). The number of esters is 1. The molecular weight excluding hydrogens is 431 g/mol. The first-order valence-electron chi connectivity index (χ1n) is 12.4. The van der Waals surface area contributed by atoms with Crippen LogP contribution in [0, 0.1) is 0 Å². The molecule has 0 saturated heterocycles. The number of nitrogens with two attached hydrogens (primary N) is 1. The van der Waals surface area contributed by atoms with E-state index >= 15 is 0 Å². The summed E-state index contributed by atoms with van der Waals surface area (Å²) in [5, 5.41) is 0. The first-order valence-corrected chi connectivity index (χ1v) is 13.9. The number of rotatable bonds is 23. The summed E-state index contributed by atoms with van der Waals surface area (Å²) in [6, 6.07) is -0.677. The van der Waals surface area contributed by atoms with E-state index in [0.717, 1.165) is 19.3 Å². The molecule has 192 valence electrons. The molecule has 0 aromatic carbocycles. The first-order chi connectivity index (χ1) is 15.3. The van der Waals surface area contributed by atoms with Crippen LogP contribution in [0.4, 0.5) is 0 Å². The van der Waals surface area contributed by atoms with Crippen molar-refractivity contribution in [2.75, 3.05) is 40.5 Å². The second-order valence-corrected chi connectivity index (χ2v) is 10.3. The number of hydrogen-bond donors (Lipinski definition) is 2. The second kappa shape index (κ2) is 21.1. The number of phosphoric ester groups is 1. The van der Waals surface area contributed by atoms with Gasteiger partial charge in [0.2, 0.25) is 0 Å². The number of likely N-dealkylation sites (N-methyl/N-ethyl adjacent to an activating group) is 1. The molecule has 0 spiro atoms. The van der Waals surface area contributed by atoms with Crippen LogP contribution in [-0.2, 0) is 23.1 Å². The Labute approximate surface area is 196 Å². The van der Waals surface area contributed by atoms with Gasteiger partial charge in [0.05, 0.1) is 19.3 Å². The second-order valence-electron chi connectivity index (χ2n) is 8.84. The van der Waals surface area contributed by atoms with Crippen LogP contribution in [0.2, 0.25) is 0 Å². The van der Waals surface area contributed by atoms with Crippen LogP contribution in [0.25, 0.3) is 0 Å². The summed E-state index contributed by atoms with van der Waals surface area (Å²) in [5.74, 6) is -0.294. The van der Waals surface area contributed by atoms with Crippen molar-refractivity contribution in [3.8, 4) is 0 Å². The molecule has 2 atom stereocenters. The van der Waals surface area contributed by atoms with Crippen LogP contribution in [0.1, 0.15) is 96.8 Å². The third kappa shape index (κ3) is 22.7. The maximum atomic E-state index is 11.8. The molecule has 0 radical (unpaired) electrons. The van der Waals surface area contributed by atoms with Crippen LogP contribution in [0.5, 0.6) is 0 Å². The highest BCUT2D eigenvalue weighted by Gasteiger charge is 2.22. The zero-order valence-corrected chi connectivity index (χ0v) is 21.7. The molecule has 0 aliphatic heterocycles. The van der Waals surface area contributed by atoms with Crippen LogP contribution < -0.4 is 5.73 Å². The monoisotopic (exact) mass is 480 g/mol. The summed E-state index contributed by atoms with van der Waals surface area (Å²) in [6.07, 6.45) is 16.7. The summed E-state index contributed by atoms with van der Waals surface area (Å²) in [7, 11) is -0.485. The molecule has 3 N–H and O–H groups in total. The molecule has 0 aromatic heterocycles.